The van der Waals surface area contributed by atoms with Gasteiger partial charge in [0.05, 0.1) is 0 Å². The van der Waals surface area contributed by atoms with Crippen molar-refractivity contribution in [1.29, 1.82) is 0 Å². The van der Waals surface area contributed by atoms with Gasteiger partial charge in [-0.15, -0.1) is 0 Å². The lowest BCUT2D eigenvalue weighted by Crippen LogP contribution is -2.36. The largest absolute Gasteiger partial charge is 0.0987 e. The molecular formula is C45H32. The molecule has 0 aliphatic heterocycles. The van der Waals surface area contributed by atoms with Crippen LogP contribution in [0.5, 0.6) is 0 Å². The van der Waals surface area contributed by atoms with Crippen LogP contribution in [0.2, 0.25) is 0 Å². The molecule has 0 spiro atoms. The van der Waals surface area contributed by atoms with Crippen molar-refractivity contribution < 1.29 is 0 Å². The lowest BCUT2D eigenvalue weighted by atomic mass is 9.69. The monoisotopic (exact) mass is 572 g/mol. The highest BCUT2D eigenvalue weighted by atomic mass is 14.3. The van der Waals surface area contributed by atoms with Crippen molar-refractivity contribution in [2.24, 2.45) is 0 Å². The van der Waals surface area contributed by atoms with Crippen LogP contribution in [0.3, 0.4) is 0 Å². The van der Waals surface area contributed by atoms with Gasteiger partial charge in [-0.2, -0.15) is 0 Å². The Hall–Kier alpha value is -5.46. The van der Waals surface area contributed by atoms with Gasteiger partial charge in [0.25, 0.3) is 0 Å². The Morgan fingerprint density at radius 2 is 1.13 bits per heavy atom. The van der Waals surface area contributed by atoms with Crippen LogP contribution in [0.1, 0.15) is 19.4 Å². The minimum absolute atomic E-state index is 0.197. The van der Waals surface area contributed by atoms with Crippen LogP contribution in [0.15, 0.2) is 140 Å². The number of benzene rings is 8. The Labute approximate surface area is 262 Å². The standard InChI is InChI=1S/C45H32/c1-5-38-40-27(2)21-22-31-26-37(36-19-12-20-39(45(38,3)4)44(36)42(31)40)43-34-17-10-8-15-32(34)41(33-16-9-11-18-35(33)43)30-24-23-28-13-6-7-14-29(28)25-30/h5-26H,1-2H2,3-4H3. The van der Waals surface area contributed by atoms with Gasteiger partial charge in [0.15, 0.2) is 0 Å². The number of fused-ring (bicyclic) bond motifs is 3. The molecule has 8 aromatic carbocycles. The zero-order chi connectivity index (χ0) is 30.4. The van der Waals surface area contributed by atoms with E-state index in [2.05, 4.69) is 154 Å². The van der Waals surface area contributed by atoms with Crippen LogP contribution in [-0.2, 0) is 5.41 Å². The van der Waals surface area contributed by atoms with E-state index < -0.39 is 0 Å². The molecule has 0 radical (unpaired) electrons. The zero-order valence-electron chi connectivity index (χ0n) is 25.6. The van der Waals surface area contributed by atoms with Crippen molar-refractivity contribution in [3.05, 3.63) is 156 Å². The van der Waals surface area contributed by atoms with Crippen molar-refractivity contribution >= 4 is 66.0 Å². The summed E-state index contributed by atoms with van der Waals surface area (Å²) in [6.07, 6.45) is 2.05. The summed E-state index contributed by atoms with van der Waals surface area (Å²) < 4.78 is 0. The molecule has 0 saturated heterocycles. The molecule has 0 heterocycles. The summed E-state index contributed by atoms with van der Waals surface area (Å²) in [4.78, 5) is 0. The highest BCUT2D eigenvalue weighted by molar-refractivity contribution is 6.27. The number of hydrogen-bond donors (Lipinski definition) is 0. The quantitative estimate of drug-likeness (QED) is 0.146. The third-order valence-corrected chi connectivity index (χ3v) is 10.3. The van der Waals surface area contributed by atoms with Gasteiger partial charge < -0.3 is 0 Å². The van der Waals surface area contributed by atoms with Crippen LogP contribution in [0.25, 0.3) is 88.3 Å². The van der Waals surface area contributed by atoms with E-state index in [4.69, 9.17) is 0 Å². The van der Waals surface area contributed by atoms with Crippen molar-refractivity contribution in [2.75, 3.05) is 0 Å². The topological polar surface area (TPSA) is 0 Å². The Morgan fingerprint density at radius 3 is 1.82 bits per heavy atom. The van der Waals surface area contributed by atoms with Gasteiger partial charge in [0.1, 0.15) is 0 Å². The van der Waals surface area contributed by atoms with Gasteiger partial charge in [0.2, 0.25) is 0 Å². The van der Waals surface area contributed by atoms with Crippen LogP contribution in [-0.4, -0.2) is 0 Å². The molecule has 45 heavy (non-hydrogen) atoms. The first-order valence-electron chi connectivity index (χ1n) is 15.8. The van der Waals surface area contributed by atoms with E-state index in [0.717, 1.165) is 5.22 Å². The molecule has 0 aromatic heterocycles. The third kappa shape index (κ3) is 3.48. The molecule has 1 aliphatic rings. The number of hydrogen-bond acceptors (Lipinski definition) is 0. The fourth-order valence-electron chi connectivity index (χ4n) is 8.26. The molecule has 0 unspecified atom stereocenters. The molecule has 1 aliphatic carbocycles. The maximum Gasteiger partial charge on any atom is 0.0159 e. The number of allylic oxidation sites excluding steroid dienone is 1. The van der Waals surface area contributed by atoms with Crippen LogP contribution in [0, 0.1) is 0 Å². The van der Waals surface area contributed by atoms with Crippen LogP contribution < -0.4 is 10.4 Å². The van der Waals surface area contributed by atoms with E-state index in [1.165, 1.54) is 92.5 Å². The smallest absolute Gasteiger partial charge is 0.0159 e. The molecule has 0 nitrogen and oxygen atoms in total. The predicted octanol–water partition coefficient (Wildman–Crippen LogP) is 10.8. The highest BCUT2D eigenvalue weighted by Gasteiger charge is 2.32. The molecule has 0 atom stereocenters. The predicted molar refractivity (Wildman–Crippen MR) is 196 cm³/mol. The first-order valence-corrected chi connectivity index (χ1v) is 15.8. The summed E-state index contributed by atoms with van der Waals surface area (Å²) in [5.41, 5.74) is 7.51. The van der Waals surface area contributed by atoms with Gasteiger partial charge >= 0.3 is 0 Å². The molecule has 0 fully saturated rings. The zero-order valence-corrected chi connectivity index (χ0v) is 25.6. The van der Waals surface area contributed by atoms with Crippen LogP contribution >= 0.6 is 0 Å². The lowest BCUT2D eigenvalue weighted by Gasteiger charge is -2.33. The minimum Gasteiger partial charge on any atom is -0.0987 e. The second kappa shape index (κ2) is 9.27. The van der Waals surface area contributed by atoms with Crippen molar-refractivity contribution in [2.45, 2.75) is 19.3 Å². The van der Waals surface area contributed by atoms with E-state index in [-0.39, 0.29) is 5.41 Å². The second-order valence-corrected chi connectivity index (χ2v) is 13.0. The molecule has 0 heteroatoms. The Balaban J connectivity index is 1.48. The Kier molecular flexibility index (Phi) is 5.35. The first kappa shape index (κ1) is 26.0. The molecule has 0 N–H and O–H groups in total. The number of rotatable bonds is 3. The van der Waals surface area contributed by atoms with Crippen molar-refractivity contribution in [1.82, 2.24) is 0 Å². The van der Waals surface area contributed by atoms with E-state index in [9.17, 15) is 0 Å². The molecule has 9 rings (SSSR count). The van der Waals surface area contributed by atoms with E-state index >= 15 is 0 Å². The Bertz CT molecular complexity index is 2650. The maximum atomic E-state index is 4.49. The summed E-state index contributed by atoms with van der Waals surface area (Å²) in [6, 6.07) is 47.2. The van der Waals surface area contributed by atoms with Gasteiger partial charge in [-0.25, -0.2) is 0 Å². The van der Waals surface area contributed by atoms with Gasteiger partial charge in [-0.05, 0) is 110 Å². The van der Waals surface area contributed by atoms with Crippen molar-refractivity contribution in [3.63, 3.8) is 0 Å². The summed E-state index contributed by atoms with van der Waals surface area (Å²) in [5.74, 6) is 0. The van der Waals surface area contributed by atoms with E-state index in [1.807, 2.05) is 6.08 Å². The second-order valence-electron chi connectivity index (χ2n) is 13.0. The molecular weight excluding hydrogens is 540 g/mol. The summed E-state index contributed by atoms with van der Waals surface area (Å²) >= 11 is 0. The highest BCUT2D eigenvalue weighted by Crippen LogP contribution is 2.49. The van der Waals surface area contributed by atoms with E-state index in [0.29, 0.717) is 0 Å². The Morgan fingerprint density at radius 1 is 0.533 bits per heavy atom. The third-order valence-electron chi connectivity index (χ3n) is 10.3. The van der Waals surface area contributed by atoms with Gasteiger partial charge in [-0.1, -0.05) is 148 Å². The fourth-order valence-corrected chi connectivity index (χ4v) is 8.26. The van der Waals surface area contributed by atoms with E-state index in [1.54, 1.807) is 0 Å². The summed E-state index contributed by atoms with van der Waals surface area (Å²) in [5, 5.41) is 15.1. The molecule has 212 valence electrons. The summed E-state index contributed by atoms with van der Waals surface area (Å²) in [6.45, 7) is 13.4. The summed E-state index contributed by atoms with van der Waals surface area (Å²) in [7, 11) is 0. The molecule has 0 saturated carbocycles. The van der Waals surface area contributed by atoms with Crippen molar-refractivity contribution in [3.8, 4) is 22.3 Å². The average Bonchev–Trinajstić information content (AvgIpc) is 3.07. The fraction of sp³-hybridized carbons (Fsp3) is 0.0667. The van der Waals surface area contributed by atoms with Crippen LogP contribution in [0.4, 0.5) is 0 Å². The normalized spacial score (nSPS) is 13.9. The van der Waals surface area contributed by atoms with Gasteiger partial charge in [-0.3, -0.25) is 0 Å². The minimum atomic E-state index is -0.197. The molecule has 0 amide bonds. The molecule has 0 bridgehead atoms. The molecule has 8 aromatic rings. The van der Waals surface area contributed by atoms with Gasteiger partial charge in [0, 0.05) is 5.41 Å². The first-order chi connectivity index (χ1) is 22.0. The average molecular weight is 573 g/mol. The maximum absolute atomic E-state index is 4.49. The lowest BCUT2D eigenvalue weighted by molar-refractivity contribution is 0.697. The SMILES string of the molecule is C=CC1=c2c(=C)ccc3cc(-c4c5ccccc5c(-c5ccc6ccccc6c5)c5ccccc45)c4cccc(c4c23)C1(C)C.